The van der Waals surface area contributed by atoms with E-state index >= 15 is 0 Å². The number of aromatic nitrogens is 1. The Morgan fingerprint density at radius 3 is 2.67 bits per heavy atom. The average Bonchev–Trinajstić information content (AvgIpc) is 2.34. The minimum Gasteiger partial charge on any atom is -0.322 e. The molecule has 1 aromatic carbocycles. The lowest BCUT2D eigenvalue weighted by Crippen LogP contribution is -2.15. The van der Waals surface area contributed by atoms with Crippen LogP contribution >= 0.6 is 15.9 Å². The third-order valence-corrected chi connectivity index (χ3v) is 3.05. The van der Waals surface area contributed by atoms with Crippen molar-refractivity contribution in [1.82, 2.24) is 4.98 Å². The number of nitrogens with zero attached hydrogens (tertiary/aromatic N) is 1. The lowest BCUT2D eigenvalue weighted by atomic mass is 10.0. The van der Waals surface area contributed by atoms with Crippen LogP contribution in [-0.4, -0.2) is 4.98 Å². The van der Waals surface area contributed by atoms with Crippen LogP contribution in [0.1, 0.15) is 17.3 Å². The SMILES string of the molecule is NC(Cc1cc(F)ccc1F)c1ccc(Br)cn1. The molecule has 2 nitrogen and oxygen atoms in total. The van der Waals surface area contributed by atoms with Crippen LogP contribution in [-0.2, 0) is 6.42 Å². The maximum absolute atomic E-state index is 13.5. The third-order valence-electron chi connectivity index (χ3n) is 2.58. The van der Waals surface area contributed by atoms with E-state index in [1.165, 1.54) is 0 Å². The van der Waals surface area contributed by atoms with Gasteiger partial charge in [0.15, 0.2) is 0 Å². The normalized spacial score (nSPS) is 12.4. The van der Waals surface area contributed by atoms with E-state index in [-0.39, 0.29) is 12.0 Å². The highest BCUT2D eigenvalue weighted by molar-refractivity contribution is 9.10. The third kappa shape index (κ3) is 3.11. The van der Waals surface area contributed by atoms with Gasteiger partial charge >= 0.3 is 0 Å². The molecular formula is C13H11BrF2N2. The summed E-state index contributed by atoms with van der Waals surface area (Å²) in [5.41, 5.74) is 6.83. The summed E-state index contributed by atoms with van der Waals surface area (Å²) >= 11 is 3.27. The van der Waals surface area contributed by atoms with Gasteiger partial charge in [0.05, 0.1) is 11.7 Å². The van der Waals surface area contributed by atoms with Gasteiger partial charge in [-0.15, -0.1) is 0 Å². The van der Waals surface area contributed by atoms with E-state index in [1.807, 2.05) is 6.07 Å². The number of hydrogen-bond acceptors (Lipinski definition) is 2. The van der Waals surface area contributed by atoms with Crippen LogP contribution in [0.5, 0.6) is 0 Å². The average molecular weight is 313 g/mol. The van der Waals surface area contributed by atoms with E-state index in [0.717, 1.165) is 22.7 Å². The highest BCUT2D eigenvalue weighted by Crippen LogP contribution is 2.19. The number of rotatable bonds is 3. The lowest BCUT2D eigenvalue weighted by molar-refractivity contribution is 0.570. The molecule has 0 saturated heterocycles. The van der Waals surface area contributed by atoms with E-state index in [4.69, 9.17) is 5.73 Å². The Bertz CT molecular complexity index is 543. The van der Waals surface area contributed by atoms with Gasteiger partial charge in [-0.2, -0.15) is 0 Å². The number of nitrogens with two attached hydrogens (primary N) is 1. The second kappa shape index (κ2) is 5.54. The summed E-state index contributed by atoms with van der Waals surface area (Å²) in [5, 5.41) is 0. The van der Waals surface area contributed by atoms with Gasteiger partial charge < -0.3 is 5.73 Å². The smallest absolute Gasteiger partial charge is 0.126 e. The van der Waals surface area contributed by atoms with E-state index in [9.17, 15) is 8.78 Å². The molecule has 1 atom stereocenters. The summed E-state index contributed by atoms with van der Waals surface area (Å²) in [7, 11) is 0. The minimum atomic E-state index is -0.470. The van der Waals surface area contributed by atoms with Crippen molar-refractivity contribution in [2.45, 2.75) is 12.5 Å². The van der Waals surface area contributed by atoms with Crippen LogP contribution in [0.3, 0.4) is 0 Å². The van der Waals surface area contributed by atoms with Crippen LogP contribution in [0.15, 0.2) is 41.0 Å². The molecule has 0 aliphatic heterocycles. The molecular weight excluding hydrogens is 302 g/mol. The summed E-state index contributed by atoms with van der Waals surface area (Å²) in [6.07, 6.45) is 1.83. The summed E-state index contributed by atoms with van der Waals surface area (Å²) in [4.78, 5) is 4.14. The summed E-state index contributed by atoms with van der Waals surface area (Å²) < 4.78 is 27.3. The summed E-state index contributed by atoms with van der Waals surface area (Å²) in [6.45, 7) is 0. The molecule has 5 heteroatoms. The van der Waals surface area contributed by atoms with Gasteiger partial charge in [-0.3, -0.25) is 4.98 Å². The molecule has 0 aliphatic rings. The Balaban J connectivity index is 2.18. The zero-order chi connectivity index (χ0) is 13.1. The molecule has 0 saturated carbocycles. The molecule has 1 heterocycles. The van der Waals surface area contributed by atoms with Crippen molar-refractivity contribution in [3.8, 4) is 0 Å². The largest absolute Gasteiger partial charge is 0.322 e. The van der Waals surface area contributed by atoms with Gasteiger partial charge in [0, 0.05) is 10.7 Å². The maximum atomic E-state index is 13.5. The molecule has 2 rings (SSSR count). The molecule has 94 valence electrons. The van der Waals surface area contributed by atoms with Crippen LogP contribution in [0.2, 0.25) is 0 Å². The molecule has 18 heavy (non-hydrogen) atoms. The Morgan fingerprint density at radius 1 is 1.22 bits per heavy atom. The first-order valence-electron chi connectivity index (χ1n) is 5.37. The van der Waals surface area contributed by atoms with Crippen molar-refractivity contribution >= 4 is 15.9 Å². The van der Waals surface area contributed by atoms with Crippen molar-refractivity contribution in [2.24, 2.45) is 5.73 Å². The van der Waals surface area contributed by atoms with Crippen molar-refractivity contribution in [3.63, 3.8) is 0 Å². The van der Waals surface area contributed by atoms with E-state index in [2.05, 4.69) is 20.9 Å². The highest BCUT2D eigenvalue weighted by Gasteiger charge is 2.12. The van der Waals surface area contributed by atoms with Crippen LogP contribution in [0, 0.1) is 11.6 Å². The standard InChI is InChI=1S/C13H11BrF2N2/c14-9-1-4-13(18-7-9)12(17)6-8-5-10(15)2-3-11(8)16/h1-5,7,12H,6,17H2. The van der Waals surface area contributed by atoms with Crippen LogP contribution in [0.4, 0.5) is 8.78 Å². The molecule has 1 unspecified atom stereocenters. The van der Waals surface area contributed by atoms with Gasteiger partial charge in [0.2, 0.25) is 0 Å². The van der Waals surface area contributed by atoms with Crippen molar-refractivity contribution < 1.29 is 8.78 Å². The maximum Gasteiger partial charge on any atom is 0.126 e. The first-order chi connectivity index (χ1) is 8.56. The van der Waals surface area contributed by atoms with Crippen molar-refractivity contribution in [1.29, 1.82) is 0 Å². The topological polar surface area (TPSA) is 38.9 Å². The summed E-state index contributed by atoms with van der Waals surface area (Å²) in [6, 6.07) is 6.45. The number of benzene rings is 1. The lowest BCUT2D eigenvalue weighted by Gasteiger charge is -2.12. The molecule has 0 spiro atoms. The highest BCUT2D eigenvalue weighted by atomic mass is 79.9. The minimum absolute atomic E-state index is 0.207. The predicted molar refractivity (Wildman–Crippen MR) is 68.9 cm³/mol. The van der Waals surface area contributed by atoms with Crippen molar-refractivity contribution in [3.05, 3.63) is 63.9 Å². The number of pyridine rings is 1. The van der Waals surface area contributed by atoms with Crippen LogP contribution in [0.25, 0.3) is 0 Å². The van der Waals surface area contributed by atoms with Crippen molar-refractivity contribution in [2.75, 3.05) is 0 Å². The second-order valence-corrected chi connectivity index (χ2v) is 4.86. The molecule has 2 N–H and O–H groups in total. The van der Waals surface area contributed by atoms with E-state index in [1.54, 1.807) is 12.3 Å². The van der Waals surface area contributed by atoms with Gasteiger partial charge in [0.1, 0.15) is 11.6 Å². The van der Waals surface area contributed by atoms with Gasteiger partial charge in [-0.25, -0.2) is 8.78 Å². The Morgan fingerprint density at radius 2 is 2.00 bits per heavy atom. The zero-order valence-electron chi connectivity index (χ0n) is 9.41. The van der Waals surface area contributed by atoms with Gasteiger partial charge in [-0.1, -0.05) is 0 Å². The molecule has 0 radical (unpaired) electrons. The molecule has 2 aromatic rings. The first kappa shape index (κ1) is 13.1. The molecule has 1 aromatic heterocycles. The fourth-order valence-corrected chi connectivity index (χ4v) is 1.88. The zero-order valence-corrected chi connectivity index (χ0v) is 11.0. The quantitative estimate of drug-likeness (QED) is 0.943. The molecule has 0 fully saturated rings. The summed E-state index contributed by atoms with van der Waals surface area (Å²) in [5.74, 6) is -0.925. The predicted octanol–water partition coefficient (Wildman–Crippen LogP) is 3.36. The fraction of sp³-hybridized carbons (Fsp3) is 0.154. The molecule has 0 aliphatic carbocycles. The fourth-order valence-electron chi connectivity index (χ4n) is 1.65. The Hall–Kier alpha value is -1.33. The Labute approximate surface area is 112 Å². The van der Waals surface area contributed by atoms with E-state index < -0.39 is 17.7 Å². The van der Waals surface area contributed by atoms with Crippen LogP contribution < -0.4 is 5.73 Å². The number of hydrogen-bond donors (Lipinski definition) is 1. The van der Waals surface area contributed by atoms with Gasteiger partial charge in [-0.05, 0) is 58.2 Å². The van der Waals surface area contributed by atoms with E-state index in [0.29, 0.717) is 5.69 Å². The monoisotopic (exact) mass is 312 g/mol. The molecule has 0 bridgehead atoms. The molecule has 0 amide bonds. The van der Waals surface area contributed by atoms with Gasteiger partial charge in [0.25, 0.3) is 0 Å². The second-order valence-electron chi connectivity index (χ2n) is 3.95. The Kier molecular flexibility index (Phi) is 4.04. The number of halogens is 3. The first-order valence-corrected chi connectivity index (χ1v) is 6.16.